The van der Waals surface area contributed by atoms with Crippen molar-refractivity contribution in [3.63, 3.8) is 0 Å². The van der Waals surface area contributed by atoms with Gasteiger partial charge in [0.2, 0.25) is 5.95 Å². The van der Waals surface area contributed by atoms with Crippen LogP contribution in [-0.4, -0.2) is 38.9 Å². The maximum absolute atomic E-state index is 12.3. The summed E-state index contributed by atoms with van der Waals surface area (Å²) in [6.45, 7) is 1.93. The Morgan fingerprint density at radius 3 is 2.92 bits per heavy atom. The van der Waals surface area contributed by atoms with Crippen molar-refractivity contribution < 1.29 is 4.79 Å². The molecule has 0 saturated carbocycles. The number of rotatable bonds is 6. The lowest BCUT2D eigenvalue weighted by atomic mass is 10.2. The number of H-pyrrole nitrogens is 1. The van der Waals surface area contributed by atoms with Crippen molar-refractivity contribution in [3.8, 4) is 0 Å². The lowest BCUT2D eigenvalue weighted by molar-refractivity contribution is 0.0931. The van der Waals surface area contributed by atoms with Crippen LogP contribution in [0.1, 0.15) is 29.5 Å². The molecular weight excluding hydrogens is 330 g/mol. The largest absolute Gasteiger partial charge is 0.372 e. The molecule has 5 N–H and O–H groups in total. The molecule has 3 rings (SSSR count). The fraction of sp³-hybridized carbons (Fsp3) is 0.222. The van der Waals surface area contributed by atoms with Crippen LogP contribution in [0.5, 0.6) is 0 Å². The molecule has 2 heterocycles. The van der Waals surface area contributed by atoms with Crippen LogP contribution in [0.3, 0.4) is 0 Å². The van der Waals surface area contributed by atoms with Gasteiger partial charge >= 0.3 is 0 Å². The first kappa shape index (κ1) is 17.4. The van der Waals surface area contributed by atoms with Crippen molar-refractivity contribution >= 4 is 34.8 Å². The molecule has 8 heteroatoms. The molecule has 0 aliphatic heterocycles. The predicted molar refractivity (Wildman–Crippen MR) is 103 cm³/mol. The minimum Gasteiger partial charge on any atom is -0.372 e. The van der Waals surface area contributed by atoms with Crippen molar-refractivity contribution in [3.05, 3.63) is 47.9 Å². The monoisotopic (exact) mass is 351 g/mol. The van der Waals surface area contributed by atoms with Crippen molar-refractivity contribution in [2.75, 3.05) is 18.1 Å². The van der Waals surface area contributed by atoms with Crippen LogP contribution in [0.15, 0.2) is 36.5 Å². The summed E-state index contributed by atoms with van der Waals surface area (Å²) in [6.07, 6.45) is 6.16. The third-order valence-corrected chi connectivity index (χ3v) is 3.84. The first-order valence-corrected chi connectivity index (χ1v) is 8.29. The zero-order valence-electron chi connectivity index (χ0n) is 14.7. The van der Waals surface area contributed by atoms with Crippen LogP contribution < -0.4 is 16.4 Å². The van der Waals surface area contributed by atoms with Gasteiger partial charge in [-0.3, -0.25) is 4.79 Å². The number of anilines is 2. The fourth-order valence-corrected chi connectivity index (χ4v) is 2.54. The molecule has 3 aromatic rings. The van der Waals surface area contributed by atoms with Crippen LogP contribution in [0.25, 0.3) is 17.1 Å². The van der Waals surface area contributed by atoms with Gasteiger partial charge < -0.3 is 21.4 Å². The number of nitrogen functional groups attached to an aromatic ring is 1. The van der Waals surface area contributed by atoms with Gasteiger partial charge in [0.15, 0.2) is 5.82 Å². The molecule has 26 heavy (non-hydrogen) atoms. The molecule has 8 nitrogen and oxygen atoms in total. The summed E-state index contributed by atoms with van der Waals surface area (Å²) < 4.78 is 0. The molecule has 0 saturated heterocycles. The van der Waals surface area contributed by atoms with Crippen molar-refractivity contribution in [2.24, 2.45) is 0 Å². The van der Waals surface area contributed by atoms with Crippen LogP contribution >= 0.6 is 0 Å². The van der Waals surface area contributed by atoms with E-state index in [1.165, 1.54) is 0 Å². The summed E-state index contributed by atoms with van der Waals surface area (Å²) in [6, 6.07) is 7.48. The quantitative estimate of drug-likeness (QED) is 0.540. The Kier molecular flexibility index (Phi) is 5.12. The molecule has 0 unspecified atom stereocenters. The minimum absolute atomic E-state index is 0.0558. The first-order chi connectivity index (χ1) is 12.6. The lowest BCUT2D eigenvalue weighted by Gasteiger charge is -2.10. The molecule has 1 atom stereocenters. The molecule has 0 spiro atoms. The van der Waals surface area contributed by atoms with E-state index in [4.69, 9.17) is 5.73 Å². The van der Waals surface area contributed by atoms with Gasteiger partial charge in [-0.2, -0.15) is 4.98 Å². The predicted octanol–water partition coefficient (Wildman–Crippen LogP) is 2.20. The number of amides is 1. The number of fused-ring (bicyclic) bond motifs is 1. The van der Waals surface area contributed by atoms with Crippen LogP contribution in [0, 0.1) is 0 Å². The third kappa shape index (κ3) is 3.97. The van der Waals surface area contributed by atoms with E-state index in [2.05, 4.69) is 30.6 Å². The molecule has 0 bridgehead atoms. The summed E-state index contributed by atoms with van der Waals surface area (Å²) in [4.78, 5) is 27.8. The minimum atomic E-state index is -0.228. The van der Waals surface area contributed by atoms with E-state index >= 15 is 0 Å². The Morgan fingerprint density at radius 2 is 2.15 bits per heavy atom. The maximum Gasteiger partial charge on any atom is 0.287 e. The summed E-state index contributed by atoms with van der Waals surface area (Å²) >= 11 is 0. The van der Waals surface area contributed by atoms with Crippen LogP contribution in [-0.2, 0) is 0 Å². The average Bonchev–Trinajstić information content (AvgIpc) is 3.07. The van der Waals surface area contributed by atoms with E-state index in [-0.39, 0.29) is 17.9 Å². The fourth-order valence-electron chi connectivity index (χ4n) is 2.54. The van der Waals surface area contributed by atoms with Crippen LogP contribution in [0.2, 0.25) is 0 Å². The smallest absolute Gasteiger partial charge is 0.287 e. The SMILES string of the molecule is CNc1nc(N)ncc1/C=C/C[C@H](C)NC(=O)c1nc2ccccc2[nH]1. The normalized spacial score (nSPS) is 12.4. The van der Waals surface area contributed by atoms with Gasteiger partial charge in [-0.05, 0) is 25.5 Å². The Balaban J connectivity index is 1.60. The molecular formula is C18H21N7O. The Morgan fingerprint density at radius 1 is 1.35 bits per heavy atom. The number of nitrogens with two attached hydrogens (primary N) is 1. The van der Waals surface area contributed by atoms with Gasteiger partial charge in [-0.15, -0.1) is 0 Å². The molecule has 2 aromatic heterocycles. The van der Waals surface area contributed by atoms with E-state index in [0.717, 1.165) is 16.6 Å². The van der Waals surface area contributed by atoms with Crippen molar-refractivity contribution in [2.45, 2.75) is 19.4 Å². The average molecular weight is 351 g/mol. The third-order valence-electron chi connectivity index (χ3n) is 3.84. The number of para-hydroxylation sites is 2. The highest BCUT2D eigenvalue weighted by Gasteiger charge is 2.13. The Hall–Kier alpha value is -3.42. The Labute approximate surface area is 151 Å². The highest BCUT2D eigenvalue weighted by Crippen LogP contribution is 2.14. The number of hydrogen-bond donors (Lipinski definition) is 4. The molecule has 0 fully saturated rings. The number of carbonyl (C=O) groups is 1. The number of carbonyl (C=O) groups excluding carboxylic acids is 1. The number of nitrogens with one attached hydrogen (secondary N) is 3. The first-order valence-electron chi connectivity index (χ1n) is 8.29. The molecule has 1 aromatic carbocycles. The number of benzene rings is 1. The van der Waals surface area contributed by atoms with Gasteiger partial charge in [0.1, 0.15) is 5.82 Å². The number of imidazole rings is 1. The zero-order chi connectivity index (χ0) is 18.5. The van der Waals surface area contributed by atoms with Crippen molar-refractivity contribution in [1.82, 2.24) is 25.3 Å². The summed E-state index contributed by atoms with van der Waals surface area (Å²) in [5, 5.41) is 5.91. The van der Waals surface area contributed by atoms with E-state index < -0.39 is 0 Å². The van der Waals surface area contributed by atoms with E-state index in [9.17, 15) is 4.79 Å². The molecule has 0 radical (unpaired) electrons. The summed E-state index contributed by atoms with van der Waals surface area (Å²) in [5.74, 6) is 0.964. The van der Waals surface area contributed by atoms with Gasteiger partial charge in [-0.25, -0.2) is 9.97 Å². The number of hydrogen-bond acceptors (Lipinski definition) is 6. The van der Waals surface area contributed by atoms with Gasteiger partial charge in [-0.1, -0.05) is 24.3 Å². The van der Waals surface area contributed by atoms with Gasteiger partial charge in [0.05, 0.1) is 11.0 Å². The summed E-state index contributed by atoms with van der Waals surface area (Å²) in [7, 11) is 1.77. The number of aromatic amines is 1. The topological polar surface area (TPSA) is 122 Å². The zero-order valence-corrected chi connectivity index (χ0v) is 14.7. The van der Waals surface area contributed by atoms with Gasteiger partial charge in [0.25, 0.3) is 5.91 Å². The standard InChI is InChI=1S/C18H21N7O/c1-11(6-5-7-12-10-21-18(19)25-15(12)20-2)22-17(26)16-23-13-8-3-4-9-14(13)24-16/h3-5,7-11H,6H2,1-2H3,(H,22,26)(H,23,24)(H3,19,20,21,25)/b7-5+/t11-/m0/s1. The number of nitrogens with zero attached hydrogens (tertiary/aromatic N) is 3. The summed E-state index contributed by atoms with van der Waals surface area (Å²) in [5.41, 5.74) is 8.02. The van der Waals surface area contributed by atoms with E-state index in [0.29, 0.717) is 18.1 Å². The second-order valence-electron chi connectivity index (χ2n) is 5.90. The van der Waals surface area contributed by atoms with E-state index in [1.807, 2.05) is 43.3 Å². The number of aromatic nitrogens is 4. The maximum atomic E-state index is 12.3. The highest BCUT2D eigenvalue weighted by atomic mass is 16.2. The van der Waals surface area contributed by atoms with E-state index in [1.54, 1.807) is 13.2 Å². The molecule has 0 aliphatic carbocycles. The second kappa shape index (κ2) is 7.64. The molecule has 0 aliphatic rings. The highest BCUT2D eigenvalue weighted by molar-refractivity contribution is 5.94. The Bertz CT molecular complexity index is 915. The lowest BCUT2D eigenvalue weighted by Crippen LogP contribution is -2.32. The molecule has 1 amide bonds. The van der Waals surface area contributed by atoms with Crippen LogP contribution in [0.4, 0.5) is 11.8 Å². The van der Waals surface area contributed by atoms with Crippen molar-refractivity contribution in [1.29, 1.82) is 0 Å². The molecule has 134 valence electrons. The van der Waals surface area contributed by atoms with Gasteiger partial charge in [0, 0.05) is 24.8 Å². The second-order valence-corrected chi connectivity index (χ2v) is 5.90.